The van der Waals surface area contributed by atoms with Crippen LogP contribution in [0.25, 0.3) is 0 Å². The summed E-state index contributed by atoms with van der Waals surface area (Å²) < 4.78 is 11.3. The normalized spacial score (nSPS) is 19.8. The quantitative estimate of drug-likeness (QED) is 0.335. The van der Waals surface area contributed by atoms with E-state index in [1.165, 1.54) is 64.2 Å². The second-order valence-corrected chi connectivity index (χ2v) is 5.87. The highest BCUT2D eigenvalue weighted by atomic mass is 16.7. The molecule has 1 unspecified atom stereocenters. The van der Waals surface area contributed by atoms with Gasteiger partial charge in [-0.05, 0) is 44.9 Å². The smallest absolute Gasteiger partial charge is 0.157 e. The van der Waals surface area contributed by atoms with Gasteiger partial charge in [0, 0.05) is 13.2 Å². The van der Waals surface area contributed by atoms with Crippen molar-refractivity contribution in [2.45, 2.75) is 83.8 Å². The van der Waals surface area contributed by atoms with Crippen molar-refractivity contribution >= 4 is 0 Å². The summed E-state index contributed by atoms with van der Waals surface area (Å²) in [5.74, 6) is 0. The molecule has 0 aromatic carbocycles. The minimum absolute atomic E-state index is 0.0876. The van der Waals surface area contributed by atoms with Gasteiger partial charge < -0.3 is 9.47 Å². The fourth-order valence-corrected chi connectivity index (χ4v) is 2.47. The first-order valence-corrected chi connectivity index (χ1v) is 8.98. The summed E-state index contributed by atoms with van der Waals surface area (Å²) in [6.45, 7) is 3.96. The van der Waals surface area contributed by atoms with Crippen LogP contribution in [0.2, 0.25) is 0 Å². The van der Waals surface area contributed by atoms with Crippen LogP contribution in [0.5, 0.6) is 0 Å². The fourth-order valence-electron chi connectivity index (χ4n) is 2.47. The lowest BCUT2D eigenvalue weighted by atomic mass is 10.1. The topological polar surface area (TPSA) is 18.5 Å². The van der Waals surface area contributed by atoms with E-state index in [0.717, 1.165) is 19.6 Å². The molecule has 0 bridgehead atoms. The van der Waals surface area contributed by atoms with Gasteiger partial charge in [-0.3, -0.25) is 0 Å². The molecule has 0 aromatic heterocycles. The summed E-state index contributed by atoms with van der Waals surface area (Å²) in [7, 11) is 0. The van der Waals surface area contributed by atoms with Crippen LogP contribution in [0.1, 0.15) is 77.6 Å². The summed E-state index contributed by atoms with van der Waals surface area (Å²) in [5, 5.41) is 0. The van der Waals surface area contributed by atoms with Gasteiger partial charge in [0.25, 0.3) is 0 Å². The van der Waals surface area contributed by atoms with Crippen LogP contribution in [0, 0.1) is 0 Å². The molecular formula is C19H34O2. The Labute approximate surface area is 131 Å². The van der Waals surface area contributed by atoms with Crippen molar-refractivity contribution in [3.63, 3.8) is 0 Å². The van der Waals surface area contributed by atoms with Crippen LogP contribution in [-0.4, -0.2) is 19.5 Å². The largest absolute Gasteiger partial charge is 0.353 e. The molecule has 2 nitrogen and oxygen atoms in total. The van der Waals surface area contributed by atoms with Gasteiger partial charge in [-0.2, -0.15) is 0 Å². The summed E-state index contributed by atoms with van der Waals surface area (Å²) in [6, 6.07) is 0. The van der Waals surface area contributed by atoms with Gasteiger partial charge in [0.1, 0.15) is 0 Å². The molecule has 0 radical (unpaired) electrons. The van der Waals surface area contributed by atoms with E-state index < -0.39 is 0 Å². The van der Waals surface area contributed by atoms with Crippen LogP contribution >= 0.6 is 0 Å². The molecule has 1 aliphatic heterocycles. The van der Waals surface area contributed by atoms with Crippen LogP contribution in [0.4, 0.5) is 0 Å². The summed E-state index contributed by atoms with van der Waals surface area (Å²) in [5.41, 5.74) is 0. The molecule has 0 spiro atoms. The second-order valence-electron chi connectivity index (χ2n) is 5.87. The van der Waals surface area contributed by atoms with Gasteiger partial charge in [-0.25, -0.2) is 0 Å². The van der Waals surface area contributed by atoms with Gasteiger partial charge in [0.2, 0.25) is 0 Å². The third-order valence-corrected chi connectivity index (χ3v) is 3.80. The molecule has 1 atom stereocenters. The highest BCUT2D eigenvalue weighted by Crippen LogP contribution is 2.14. The zero-order valence-electron chi connectivity index (χ0n) is 13.9. The van der Waals surface area contributed by atoms with E-state index in [0.29, 0.717) is 0 Å². The van der Waals surface area contributed by atoms with Crippen LogP contribution in [-0.2, 0) is 9.47 Å². The highest BCUT2D eigenvalue weighted by molar-refractivity contribution is 5.02. The average Bonchev–Trinajstić information content (AvgIpc) is 2.53. The maximum atomic E-state index is 5.73. The van der Waals surface area contributed by atoms with Crippen molar-refractivity contribution < 1.29 is 9.47 Å². The third-order valence-electron chi connectivity index (χ3n) is 3.80. The van der Waals surface area contributed by atoms with E-state index in [-0.39, 0.29) is 6.29 Å². The lowest BCUT2D eigenvalue weighted by Crippen LogP contribution is -2.22. The Kier molecular flexibility index (Phi) is 12.6. The Balaban J connectivity index is 1.78. The minimum atomic E-state index is 0.0876. The zero-order valence-corrected chi connectivity index (χ0v) is 13.9. The van der Waals surface area contributed by atoms with E-state index in [2.05, 4.69) is 31.2 Å². The molecule has 21 heavy (non-hydrogen) atoms. The number of allylic oxidation sites excluding steroid dienone is 4. The molecule has 122 valence electrons. The summed E-state index contributed by atoms with van der Waals surface area (Å²) in [4.78, 5) is 0. The Bertz CT molecular complexity index is 265. The predicted octanol–water partition coefficient (Wildman–Crippen LogP) is 5.78. The molecule has 1 saturated heterocycles. The second kappa shape index (κ2) is 14.3. The zero-order chi connectivity index (χ0) is 15.0. The lowest BCUT2D eigenvalue weighted by molar-refractivity contribution is -0.162. The van der Waals surface area contributed by atoms with Crippen LogP contribution in [0.15, 0.2) is 24.3 Å². The van der Waals surface area contributed by atoms with Gasteiger partial charge in [0.15, 0.2) is 6.29 Å². The van der Waals surface area contributed by atoms with Crippen molar-refractivity contribution in [3.05, 3.63) is 24.3 Å². The molecule has 0 aliphatic carbocycles. The molecule has 1 heterocycles. The molecule has 1 rings (SSSR count). The average molecular weight is 294 g/mol. The predicted molar refractivity (Wildman–Crippen MR) is 90.4 cm³/mol. The van der Waals surface area contributed by atoms with E-state index in [1.807, 2.05) is 0 Å². The van der Waals surface area contributed by atoms with E-state index >= 15 is 0 Å². The third kappa shape index (κ3) is 11.7. The lowest BCUT2D eigenvalue weighted by Gasteiger charge is -2.22. The minimum Gasteiger partial charge on any atom is -0.353 e. The Hall–Kier alpha value is -0.600. The number of ether oxygens (including phenoxy) is 2. The summed E-state index contributed by atoms with van der Waals surface area (Å²) >= 11 is 0. The Morgan fingerprint density at radius 3 is 2.48 bits per heavy atom. The Morgan fingerprint density at radius 1 is 0.952 bits per heavy atom. The maximum absolute atomic E-state index is 5.73. The van der Waals surface area contributed by atoms with Crippen molar-refractivity contribution in [2.24, 2.45) is 0 Å². The monoisotopic (exact) mass is 294 g/mol. The number of hydrogen-bond donors (Lipinski definition) is 0. The first-order valence-electron chi connectivity index (χ1n) is 8.98. The standard InChI is InChI=1S/C19H34O2/c1-2-3-4-5-6-7-8-9-10-11-12-14-17-20-19-16-13-15-18-21-19/h4-7,19H,2-3,8-18H2,1H3/b5-4-,7-6-. The van der Waals surface area contributed by atoms with E-state index in [4.69, 9.17) is 9.47 Å². The molecule has 2 heteroatoms. The van der Waals surface area contributed by atoms with Crippen molar-refractivity contribution in [1.29, 1.82) is 0 Å². The molecule has 1 fully saturated rings. The van der Waals surface area contributed by atoms with Crippen LogP contribution in [0.3, 0.4) is 0 Å². The Morgan fingerprint density at radius 2 is 1.71 bits per heavy atom. The first kappa shape index (κ1) is 18.4. The van der Waals surface area contributed by atoms with Gasteiger partial charge in [-0.15, -0.1) is 0 Å². The molecule has 0 aromatic rings. The highest BCUT2D eigenvalue weighted by Gasteiger charge is 2.13. The number of hydrogen-bond acceptors (Lipinski definition) is 2. The SMILES string of the molecule is CCC/C=C\C=C/CCCCCCCOC1CCCCO1. The number of rotatable bonds is 12. The van der Waals surface area contributed by atoms with E-state index in [9.17, 15) is 0 Å². The molecule has 0 amide bonds. The maximum Gasteiger partial charge on any atom is 0.157 e. The van der Waals surface area contributed by atoms with Gasteiger partial charge in [0.05, 0.1) is 0 Å². The first-order chi connectivity index (χ1) is 10.4. The summed E-state index contributed by atoms with van der Waals surface area (Å²) in [6.07, 6.45) is 22.6. The van der Waals surface area contributed by atoms with Gasteiger partial charge >= 0.3 is 0 Å². The van der Waals surface area contributed by atoms with Crippen molar-refractivity contribution in [1.82, 2.24) is 0 Å². The fraction of sp³-hybridized carbons (Fsp3) is 0.789. The molecule has 1 aliphatic rings. The molecular weight excluding hydrogens is 260 g/mol. The van der Waals surface area contributed by atoms with Crippen molar-refractivity contribution in [3.8, 4) is 0 Å². The van der Waals surface area contributed by atoms with Crippen LogP contribution < -0.4 is 0 Å². The van der Waals surface area contributed by atoms with Crippen molar-refractivity contribution in [2.75, 3.05) is 13.2 Å². The molecule has 0 N–H and O–H groups in total. The van der Waals surface area contributed by atoms with E-state index in [1.54, 1.807) is 0 Å². The number of unbranched alkanes of at least 4 members (excludes halogenated alkanes) is 6. The molecule has 0 saturated carbocycles. The van der Waals surface area contributed by atoms with Gasteiger partial charge in [-0.1, -0.05) is 56.9 Å².